The van der Waals surface area contributed by atoms with Crippen molar-refractivity contribution in [2.24, 2.45) is 0 Å². The number of Topliss-reactive ketones (excluding diaryl/α,β-unsaturated/α-hetero) is 3. The van der Waals surface area contributed by atoms with Crippen LogP contribution in [0.15, 0.2) is 148 Å². The quantitative estimate of drug-likeness (QED) is 0.0288. The molecule has 474 valence electrons. The summed E-state index contributed by atoms with van der Waals surface area (Å²) in [6, 6.07) is 25.5. The molecule has 0 radical (unpaired) electrons. The number of para-hydroxylation sites is 1. The molecule has 12 nitrogen and oxygen atoms in total. The third-order valence-corrected chi connectivity index (χ3v) is 20.8. The molecule has 0 unspecified atom stereocenters. The lowest BCUT2D eigenvalue weighted by Crippen LogP contribution is -2.32. The van der Waals surface area contributed by atoms with E-state index in [1.165, 1.54) is 5.56 Å². The van der Waals surface area contributed by atoms with Gasteiger partial charge in [-0.25, -0.2) is 4.79 Å². The minimum absolute atomic E-state index is 0.00598. The SMILES string of the molecule is CCCCCCCN1/C(=C/C2=C(O)C(=C\C3=[N+](CCCCCCC)c4ccc(C5=C(O)/C(=C/C6=[N+](CCCC)c7ccc(C(=O)O)cc7C6(C)C)C5=O)cc4C3(C)C)/C2=O)C(C)(C)c2cc(C3=C(O)/C(=C/C4=[N+](CCCC)c5ccccc5C4(C)C)C3=O)ccc21. The summed E-state index contributed by atoms with van der Waals surface area (Å²) < 4.78 is 6.72. The molecule has 0 bridgehead atoms. The van der Waals surface area contributed by atoms with E-state index >= 15 is 0 Å². The van der Waals surface area contributed by atoms with Crippen LogP contribution in [0, 0.1) is 0 Å². The Kier molecular flexibility index (Phi) is 17.5. The number of hydrogen-bond donors (Lipinski definition) is 4. The molecule has 4 aromatic rings. The van der Waals surface area contributed by atoms with Gasteiger partial charge in [0.1, 0.15) is 36.9 Å². The number of ketones is 3. The fraction of sp³-hybridized carbons (Fsp3) is 0.430. The van der Waals surface area contributed by atoms with Gasteiger partial charge in [-0.1, -0.05) is 124 Å². The number of aliphatic hydroxyl groups excluding tert-OH is 3. The zero-order chi connectivity index (χ0) is 65.2. The van der Waals surface area contributed by atoms with Crippen LogP contribution in [0.1, 0.15) is 217 Å². The summed E-state index contributed by atoms with van der Waals surface area (Å²) >= 11 is 0. The summed E-state index contributed by atoms with van der Waals surface area (Å²) in [7, 11) is 0. The van der Waals surface area contributed by atoms with Crippen molar-refractivity contribution in [2.45, 2.75) is 195 Å². The standard InChI is InChI=1S/C79H90N4O8/c1-13-17-21-23-27-39-82-60-34-31-48(67-71(86)53(72(67)87)46-63-76(5,6)55-29-25-26-30-59(55)80(63)37-19-15-3)41-56(60)77(7,8)64(82)44-51-69(84)52(70(51)85)45-65-78(9,10)57-42-49(32-35-61(57)83(65)40-28-24-22-18-14-2)68-73(88)54(74(68)89)47-66-79(11,12)58-43-50(75(90)91)33-36-62(58)81(66)38-20-16-4/h25-26,29-36,41-47H,13-24,27-28,37-40H2,1-12H3,(H-3,84,85,86,87,88,89,90,91)/p+3. The monoisotopic (exact) mass is 1230 g/mol. The molecule has 11 rings (SSSR count). The lowest BCUT2D eigenvalue weighted by atomic mass is 9.75. The van der Waals surface area contributed by atoms with E-state index in [2.05, 4.69) is 112 Å². The average molecular weight is 1230 g/mol. The number of aromatic carboxylic acids is 1. The fourth-order valence-corrected chi connectivity index (χ4v) is 15.2. The average Bonchev–Trinajstić information content (AvgIpc) is 1.67. The van der Waals surface area contributed by atoms with E-state index in [-0.39, 0.29) is 67.9 Å². The molecule has 0 aromatic heterocycles. The Balaban J connectivity index is 0.916. The molecule has 0 amide bonds. The van der Waals surface area contributed by atoms with E-state index in [0.29, 0.717) is 41.9 Å². The Hall–Kier alpha value is -8.25. The van der Waals surface area contributed by atoms with Gasteiger partial charge in [-0.3, -0.25) is 14.4 Å². The van der Waals surface area contributed by atoms with Gasteiger partial charge in [0.15, 0.2) is 17.1 Å². The lowest BCUT2D eigenvalue weighted by molar-refractivity contribution is -0.438. The second kappa shape index (κ2) is 24.8. The molecule has 3 aliphatic carbocycles. The van der Waals surface area contributed by atoms with E-state index in [1.54, 1.807) is 18.2 Å². The summed E-state index contributed by atoms with van der Waals surface area (Å²) in [6.45, 7) is 28.4. The fourth-order valence-electron chi connectivity index (χ4n) is 15.2. The van der Waals surface area contributed by atoms with Gasteiger partial charge in [0.2, 0.25) is 34.4 Å². The second-order valence-corrected chi connectivity index (χ2v) is 28.2. The highest BCUT2D eigenvalue weighted by Gasteiger charge is 2.52. The number of carboxylic acids is 1. The Morgan fingerprint density at radius 2 is 0.890 bits per heavy atom. The first-order valence-corrected chi connectivity index (χ1v) is 33.7. The van der Waals surface area contributed by atoms with Crippen molar-refractivity contribution in [3.63, 3.8) is 0 Å². The van der Waals surface area contributed by atoms with E-state index in [1.807, 2.05) is 74.5 Å². The van der Waals surface area contributed by atoms with Crippen LogP contribution >= 0.6 is 0 Å². The van der Waals surface area contributed by atoms with Gasteiger partial charge >= 0.3 is 5.97 Å². The number of allylic oxidation sites excluding steroid dienone is 11. The number of nitrogens with zero attached hydrogens (tertiary/aromatic N) is 4. The van der Waals surface area contributed by atoms with Crippen LogP contribution in [0.2, 0.25) is 0 Å². The smallest absolute Gasteiger partial charge is 0.335 e. The number of hydrogen-bond acceptors (Lipinski definition) is 8. The minimum atomic E-state index is -1.01. The number of benzene rings is 4. The van der Waals surface area contributed by atoms with Crippen LogP contribution in [0.3, 0.4) is 0 Å². The van der Waals surface area contributed by atoms with E-state index in [9.17, 15) is 39.6 Å². The van der Waals surface area contributed by atoms with Crippen LogP contribution in [-0.4, -0.2) is 101 Å². The summed E-state index contributed by atoms with van der Waals surface area (Å²) in [4.78, 5) is 58.0. The molecule has 4 heterocycles. The number of rotatable bonds is 25. The molecule has 12 heteroatoms. The largest absolute Gasteiger partial charge is 0.506 e. The van der Waals surface area contributed by atoms with Gasteiger partial charge < -0.3 is 25.3 Å². The predicted octanol–water partition coefficient (Wildman–Crippen LogP) is 17.0. The maximum Gasteiger partial charge on any atom is 0.335 e. The maximum absolute atomic E-state index is 14.9. The molecule has 4 aliphatic heterocycles. The number of unbranched alkanes of at least 4 members (excludes halogenated alkanes) is 10. The first-order valence-electron chi connectivity index (χ1n) is 33.7. The van der Waals surface area contributed by atoms with Crippen molar-refractivity contribution < 1.29 is 53.3 Å². The third kappa shape index (κ3) is 10.8. The second-order valence-electron chi connectivity index (χ2n) is 28.2. The zero-order valence-corrected chi connectivity index (χ0v) is 55.8. The highest BCUT2D eigenvalue weighted by atomic mass is 16.4. The van der Waals surface area contributed by atoms with Crippen LogP contribution in [0.5, 0.6) is 0 Å². The molecule has 0 saturated carbocycles. The van der Waals surface area contributed by atoms with Crippen LogP contribution in [0.4, 0.5) is 22.7 Å². The normalized spacial score (nSPS) is 20.9. The summed E-state index contributed by atoms with van der Waals surface area (Å²) in [5.74, 6) is -1.89. The van der Waals surface area contributed by atoms with Gasteiger partial charge in [0, 0.05) is 95.7 Å². The van der Waals surface area contributed by atoms with E-state index in [4.69, 9.17) is 0 Å². The molecule has 7 aliphatic rings. The van der Waals surface area contributed by atoms with Gasteiger partial charge in [-0.05, 0) is 114 Å². The van der Waals surface area contributed by atoms with Crippen molar-refractivity contribution >= 4 is 74.3 Å². The lowest BCUT2D eigenvalue weighted by Gasteiger charge is -2.29. The van der Waals surface area contributed by atoms with Crippen molar-refractivity contribution in [2.75, 3.05) is 31.1 Å². The van der Waals surface area contributed by atoms with Crippen molar-refractivity contribution in [3.8, 4) is 0 Å². The highest BCUT2D eigenvalue weighted by molar-refractivity contribution is 6.41. The van der Waals surface area contributed by atoms with Gasteiger partial charge in [0.25, 0.3) is 0 Å². The molecule has 0 fully saturated rings. The molecular weight excluding hydrogens is 1130 g/mol. The molecule has 0 atom stereocenters. The van der Waals surface area contributed by atoms with E-state index in [0.717, 1.165) is 159 Å². The topological polar surface area (TPSA) is 161 Å². The molecule has 91 heavy (non-hydrogen) atoms. The highest BCUT2D eigenvalue weighted by Crippen LogP contribution is 2.53. The molecule has 4 aromatic carbocycles. The number of fused-ring (bicyclic) bond motifs is 4. The Labute approximate surface area is 538 Å². The maximum atomic E-state index is 14.9. The number of carboxylic acid groups (broad SMARTS) is 1. The first-order chi connectivity index (χ1) is 43.4. The molecular formula is C79H93N4O8+3. The van der Waals surface area contributed by atoms with Crippen LogP contribution < -0.4 is 4.90 Å². The van der Waals surface area contributed by atoms with Crippen LogP contribution in [0.25, 0.3) is 11.1 Å². The third-order valence-electron chi connectivity index (χ3n) is 20.8. The van der Waals surface area contributed by atoms with Crippen molar-refractivity contribution in [1.29, 1.82) is 0 Å². The number of anilines is 1. The van der Waals surface area contributed by atoms with Gasteiger partial charge in [0.05, 0.1) is 55.2 Å². The number of carbonyl (C=O) groups is 4. The number of carbonyl (C=O) groups excluding carboxylic acids is 3. The van der Waals surface area contributed by atoms with Crippen molar-refractivity contribution in [3.05, 3.63) is 187 Å². The zero-order valence-electron chi connectivity index (χ0n) is 55.8. The predicted molar refractivity (Wildman–Crippen MR) is 365 cm³/mol. The molecule has 0 saturated heterocycles. The van der Waals surface area contributed by atoms with Crippen LogP contribution in [-0.2, 0) is 36.0 Å². The van der Waals surface area contributed by atoms with Crippen molar-refractivity contribution in [1.82, 2.24) is 0 Å². The Bertz CT molecular complexity index is 4120. The Morgan fingerprint density at radius 3 is 1.41 bits per heavy atom. The first kappa shape index (κ1) is 64.3. The van der Waals surface area contributed by atoms with Gasteiger partial charge in [-0.15, -0.1) is 0 Å². The molecule has 4 N–H and O–H groups in total. The summed E-state index contributed by atoms with van der Waals surface area (Å²) in [6.07, 6.45) is 21.9. The number of aliphatic hydroxyl groups is 3. The Morgan fingerprint density at radius 1 is 0.451 bits per heavy atom. The summed E-state index contributed by atoms with van der Waals surface area (Å²) in [5, 5.41) is 46.0. The molecule has 0 spiro atoms. The minimum Gasteiger partial charge on any atom is -0.506 e. The summed E-state index contributed by atoms with van der Waals surface area (Å²) in [5.41, 5.74) is 12.0. The van der Waals surface area contributed by atoms with E-state index < -0.39 is 22.2 Å². The van der Waals surface area contributed by atoms with Gasteiger partial charge in [-0.2, -0.15) is 13.7 Å².